The molecule has 2 aromatic carbocycles. The molecule has 0 bridgehead atoms. The number of aliphatic hydroxyl groups is 1. The largest absolute Gasteiger partial charge is 0.417 e. The number of nitriles is 1. The number of nitro benzene ring substituents is 1. The molecule has 7 nitrogen and oxygen atoms in total. The van der Waals surface area contributed by atoms with E-state index < -0.39 is 33.7 Å². The van der Waals surface area contributed by atoms with Gasteiger partial charge in [0.25, 0.3) is 11.6 Å². The second-order valence-corrected chi connectivity index (χ2v) is 5.70. The van der Waals surface area contributed by atoms with E-state index in [1.165, 1.54) is 6.07 Å². The minimum Gasteiger partial charge on any atom is -0.376 e. The van der Waals surface area contributed by atoms with Gasteiger partial charge in [0.2, 0.25) is 0 Å². The highest BCUT2D eigenvalue weighted by Crippen LogP contribution is 2.34. The van der Waals surface area contributed by atoms with Gasteiger partial charge >= 0.3 is 6.18 Å². The first-order chi connectivity index (χ1) is 12.5. The van der Waals surface area contributed by atoms with Crippen molar-refractivity contribution in [2.75, 3.05) is 5.32 Å². The van der Waals surface area contributed by atoms with Crippen LogP contribution in [0.5, 0.6) is 0 Å². The molecule has 0 saturated heterocycles. The predicted octanol–water partition coefficient (Wildman–Crippen LogP) is 3.33. The van der Waals surface area contributed by atoms with Gasteiger partial charge in [-0.1, -0.05) is 0 Å². The standard InChI is InChI=1S/C17H12F3N3O4/c1-16(25,11-3-6-13(7-4-11)23(26)27)15(24)22-12-5-2-10(9-21)14(8-12)17(18,19)20/h2-8,25H,1H3,(H,22,24). The third-order valence-electron chi connectivity index (χ3n) is 3.79. The summed E-state index contributed by atoms with van der Waals surface area (Å²) in [6.07, 6.45) is -4.80. The normalized spacial score (nSPS) is 13.3. The lowest BCUT2D eigenvalue weighted by Gasteiger charge is -2.23. The highest BCUT2D eigenvalue weighted by molar-refractivity contribution is 5.97. The van der Waals surface area contributed by atoms with Gasteiger partial charge in [0.05, 0.1) is 22.1 Å². The van der Waals surface area contributed by atoms with Crippen LogP contribution in [0, 0.1) is 21.4 Å². The summed E-state index contributed by atoms with van der Waals surface area (Å²) in [6.45, 7) is 1.10. The summed E-state index contributed by atoms with van der Waals surface area (Å²) in [5.41, 5.74) is -4.51. The van der Waals surface area contributed by atoms with Crippen molar-refractivity contribution in [3.63, 3.8) is 0 Å². The SMILES string of the molecule is CC(O)(C(=O)Nc1ccc(C#N)c(C(F)(F)F)c1)c1ccc([N+](=O)[O-])cc1. The van der Waals surface area contributed by atoms with Crippen molar-refractivity contribution in [2.24, 2.45) is 0 Å². The smallest absolute Gasteiger partial charge is 0.376 e. The number of anilines is 1. The first-order valence-corrected chi connectivity index (χ1v) is 7.37. The second kappa shape index (κ2) is 7.05. The third kappa shape index (κ3) is 4.21. The number of hydrogen-bond donors (Lipinski definition) is 2. The van der Waals surface area contributed by atoms with Gasteiger partial charge in [-0.05, 0) is 42.8 Å². The maximum Gasteiger partial charge on any atom is 0.417 e. The topological polar surface area (TPSA) is 116 Å². The van der Waals surface area contributed by atoms with Crippen molar-refractivity contribution in [1.29, 1.82) is 5.26 Å². The maximum absolute atomic E-state index is 13.0. The average molecular weight is 379 g/mol. The third-order valence-corrected chi connectivity index (χ3v) is 3.79. The Hall–Kier alpha value is -3.45. The number of hydrogen-bond acceptors (Lipinski definition) is 5. The van der Waals surface area contributed by atoms with E-state index in [4.69, 9.17) is 5.26 Å². The van der Waals surface area contributed by atoms with E-state index in [0.29, 0.717) is 6.07 Å². The first kappa shape index (κ1) is 19.9. The molecule has 0 saturated carbocycles. The minimum absolute atomic E-state index is 0.00953. The maximum atomic E-state index is 13.0. The molecule has 0 aliphatic carbocycles. The fourth-order valence-electron chi connectivity index (χ4n) is 2.25. The number of halogens is 3. The summed E-state index contributed by atoms with van der Waals surface area (Å²) in [6, 6.07) is 8.49. The molecular weight excluding hydrogens is 367 g/mol. The summed E-state index contributed by atoms with van der Waals surface area (Å²) < 4.78 is 39.0. The molecule has 1 unspecified atom stereocenters. The van der Waals surface area contributed by atoms with E-state index >= 15 is 0 Å². The van der Waals surface area contributed by atoms with Gasteiger partial charge in [0.15, 0.2) is 5.60 Å². The molecule has 0 spiro atoms. The van der Waals surface area contributed by atoms with E-state index in [-0.39, 0.29) is 16.9 Å². The summed E-state index contributed by atoms with van der Waals surface area (Å²) in [4.78, 5) is 22.3. The van der Waals surface area contributed by atoms with E-state index in [1.807, 2.05) is 0 Å². The average Bonchev–Trinajstić information content (AvgIpc) is 2.60. The predicted molar refractivity (Wildman–Crippen MR) is 87.5 cm³/mol. The van der Waals surface area contributed by atoms with Crippen molar-refractivity contribution in [3.05, 3.63) is 69.3 Å². The van der Waals surface area contributed by atoms with Crippen LogP contribution < -0.4 is 5.32 Å². The van der Waals surface area contributed by atoms with Crippen LogP contribution in [0.25, 0.3) is 0 Å². The molecule has 0 aliphatic rings. The van der Waals surface area contributed by atoms with Gasteiger partial charge in [-0.2, -0.15) is 18.4 Å². The fourth-order valence-corrected chi connectivity index (χ4v) is 2.25. The molecule has 140 valence electrons. The number of carbonyl (C=O) groups is 1. The molecule has 27 heavy (non-hydrogen) atoms. The number of benzene rings is 2. The Morgan fingerprint density at radius 2 is 1.81 bits per heavy atom. The molecule has 0 heterocycles. The number of nitrogens with one attached hydrogen (secondary N) is 1. The van der Waals surface area contributed by atoms with E-state index in [0.717, 1.165) is 43.3 Å². The van der Waals surface area contributed by atoms with Crippen molar-refractivity contribution in [3.8, 4) is 6.07 Å². The van der Waals surface area contributed by atoms with Crippen LogP contribution in [0.3, 0.4) is 0 Å². The Kier molecular flexibility index (Phi) is 5.19. The molecule has 0 fully saturated rings. The van der Waals surface area contributed by atoms with E-state index in [2.05, 4.69) is 5.32 Å². The zero-order valence-corrected chi connectivity index (χ0v) is 13.7. The fraction of sp³-hybridized carbons (Fsp3) is 0.176. The van der Waals surface area contributed by atoms with Crippen molar-refractivity contribution in [1.82, 2.24) is 0 Å². The van der Waals surface area contributed by atoms with Crippen LogP contribution in [0.4, 0.5) is 24.5 Å². The van der Waals surface area contributed by atoms with Gasteiger partial charge in [-0.25, -0.2) is 0 Å². The van der Waals surface area contributed by atoms with Crippen molar-refractivity contribution in [2.45, 2.75) is 18.7 Å². The summed E-state index contributed by atoms with van der Waals surface area (Å²) in [5, 5.41) is 32.0. The lowest BCUT2D eigenvalue weighted by atomic mass is 9.94. The molecule has 0 radical (unpaired) electrons. The Labute approximate surface area is 150 Å². The number of rotatable bonds is 4. The minimum atomic E-state index is -4.80. The highest BCUT2D eigenvalue weighted by Gasteiger charge is 2.36. The molecule has 2 N–H and O–H groups in total. The van der Waals surface area contributed by atoms with Crippen molar-refractivity contribution < 1.29 is 28.0 Å². The molecule has 0 aromatic heterocycles. The Balaban J connectivity index is 2.30. The number of non-ortho nitro benzene ring substituents is 1. The molecule has 1 atom stereocenters. The Morgan fingerprint density at radius 1 is 1.22 bits per heavy atom. The number of alkyl halides is 3. The number of nitro groups is 1. The monoisotopic (exact) mass is 379 g/mol. The Morgan fingerprint density at radius 3 is 2.30 bits per heavy atom. The van der Waals surface area contributed by atoms with Gasteiger partial charge in [0.1, 0.15) is 0 Å². The van der Waals surface area contributed by atoms with Gasteiger partial charge in [-0.3, -0.25) is 14.9 Å². The van der Waals surface area contributed by atoms with Gasteiger partial charge < -0.3 is 10.4 Å². The number of amides is 1. The van der Waals surface area contributed by atoms with Crippen LogP contribution >= 0.6 is 0 Å². The van der Waals surface area contributed by atoms with Crippen LogP contribution in [-0.2, 0) is 16.6 Å². The molecule has 1 amide bonds. The van der Waals surface area contributed by atoms with Gasteiger partial charge in [0, 0.05) is 17.8 Å². The molecule has 2 aromatic rings. The molecular formula is C17H12F3N3O4. The van der Waals surface area contributed by atoms with Crippen LogP contribution in [0.15, 0.2) is 42.5 Å². The van der Waals surface area contributed by atoms with E-state index in [9.17, 15) is 33.2 Å². The molecule has 10 heteroatoms. The van der Waals surface area contributed by atoms with Crippen LogP contribution in [0.1, 0.15) is 23.6 Å². The van der Waals surface area contributed by atoms with Crippen molar-refractivity contribution >= 4 is 17.3 Å². The highest BCUT2D eigenvalue weighted by atomic mass is 19.4. The quantitative estimate of drug-likeness (QED) is 0.624. The van der Waals surface area contributed by atoms with E-state index in [1.54, 1.807) is 0 Å². The van der Waals surface area contributed by atoms with Gasteiger partial charge in [-0.15, -0.1) is 0 Å². The number of carbonyl (C=O) groups excluding carboxylic acids is 1. The molecule has 2 rings (SSSR count). The zero-order chi connectivity index (χ0) is 20.4. The summed E-state index contributed by atoms with van der Waals surface area (Å²) in [5.74, 6) is -1.05. The summed E-state index contributed by atoms with van der Waals surface area (Å²) >= 11 is 0. The second-order valence-electron chi connectivity index (χ2n) is 5.70. The Bertz CT molecular complexity index is 932. The first-order valence-electron chi connectivity index (χ1n) is 7.37. The number of nitrogens with zero attached hydrogens (tertiary/aromatic N) is 2. The molecule has 0 aliphatic heterocycles. The lowest BCUT2D eigenvalue weighted by Crippen LogP contribution is -2.37. The lowest BCUT2D eigenvalue weighted by molar-refractivity contribution is -0.384. The summed E-state index contributed by atoms with van der Waals surface area (Å²) in [7, 11) is 0. The van der Waals surface area contributed by atoms with Crippen LogP contribution in [-0.4, -0.2) is 15.9 Å². The van der Waals surface area contributed by atoms with Crippen LogP contribution in [0.2, 0.25) is 0 Å². The zero-order valence-electron chi connectivity index (χ0n) is 13.7.